The first kappa shape index (κ1) is 21.0. The number of nitrogens with zero attached hydrogens (tertiary/aromatic N) is 3. The van der Waals surface area contributed by atoms with Crippen molar-refractivity contribution in [2.24, 2.45) is 5.92 Å². The maximum absolute atomic E-state index is 13.4. The molecule has 0 radical (unpaired) electrons. The zero-order valence-corrected chi connectivity index (χ0v) is 17.4. The van der Waals surface area contributed by atoms with Crippen molar-refractivity contribution in [3.8, 4) is 0 Å². The number of carbonyl (C=O) groups is 3. The minimum atomic E-state index is -0.442. The van der Waals surface area contributed by atoms with Crippen LogP contribution in [0.4, 0.5) is 4.39 Å². The van der Waals surface area contributed by atoms with Crippen molar-refractivity contribution in [3.05, 3.63) is 71.5 Å². The Morgan fingerprint density at radius 1 is 0.935 bits per heavy atom. The fraction of sp³-hybridized carbons (Fsp3) is 0.375. The first-order valence-electron chi connectivity index (χ1n) is 10.7. The molecule has 4 rings (SSSR count). The summed E-state index contributed by atoms with van der Waals surface area (Å²) in [7, 11) is 0. The van der Waals surface area contributed by atoms with Gasteiger partial charge in [0.05, 0.1) is 5.92 Å². The van der Waals surface area contributed by atoms with Gasteiger partial charge >= 0.3 is 0 Å². The van der Waals surface area contributed by atoms with Gasteiger partial charge in [-0.1, -0.05) is 36.4 Å². The van der Waals surface area contributed by atoms with Crippen molar-refractivity contribution in [3.63, 3.8) is 0 Å². The first-order chi connectivity index (χ1) is 15.0. The van der Waals surface area contributed by atoms with Crippen molar-refractivity contribution in [2.75, 3.05) is 39.3 Å². The minimum absolute atomic E-state index is 0.0200. The summed E-state index contributed by atoms with van der Waals surface area (Å²) in [4.78, 5) is 43.1. The van der Waals surface area contributed by atoms with Crippen LogP contribution in [0, 0.1) is 11.7 Å². The van der Waals surface area contributed by atoms with E-state index in [9.17, 15) is 18.8 Å². The molecule has 2 saturated heterocycles. The summed E-state index contributed by atoms with van der Waals surface area (Å²) in [5.41, 5.74) is 1.49. The topological polar surface area (TPSA) is 60.9 Å². The smallest absolute Gasteiger partial charge is 0.254 e. The summed E-state index contributed by atoms with van der Waals surface area (Å²) in [6.07, 6.45) is 1.02. The third-order valence-corrected chi connectivity index (χ3v) is 6.03. The Bertz CT molecular complexity index is 958. The molecule has 0 bridgehead atoms. The number of piperazine rings is 1. The molecular formula is C24H26FN3O3. The van der Waals surface area contributed by atoms with E-state index in [0.29, 0.717) is 44.8 Å². The van der Waals surface area contributed by atoms with Gasteiger partial charge in [0.25, 0.3) is 5.91 Å². The largest absolute Gasteiger partial charge is 0.342 e. The molecule has 2 heterocycles. The van der Waals surface area contributed by atoms with Gasteiger partial charge in [0.1, 0.15) is 5.82 Å². The van der Waals surface area contributed by atoms with Gasteiger partial charge in [0, 0.05) is 51.3 Å². The molecule has 1 atom stereocenters. The fourth-order valence-electron chi connectivity index (χ4n) is 4.25. The van der Waals surface area contributed by atoms with Crippen LogP contribution < -0.4 is 0 Å². The minimum Gasteiger partial charge on any atom is -0.342 e. The fourth-order valence-corrected chi connectivity index (χ4v) is 4.25. The molecule has 2 fully saturated rings. The number of carbonyl (C=O) groups excluding carboxylic acids is 3. The van der Waals surface area contributed by atoms with Gasteiger partial charge in [-0.2, -0.15) is 0 Å². The van der Waals surface area contributed by atoms with E-state index in [2.05, 4.69) is 0 Å². The Balaban J connectivity index is 1.27. The lowest BCUT2D eigenvalue weighted by molar-refractivity contribution is -0.137. The van der Waals surface area contributed by atoms with E-state index in [1.807, 2.05) is 30.3 Å². The number of hydrogen-bond acceptors (Lipinski definition) is 3. The SMILES string of the molecule is O=C1CC(C(=O)N2CCN(C(=O)c3cccc(F)c3)CC2)CN1CCc1ccccc1. The van der Waals surface area contributed by atoms with Crippen LogP contribution in [-0.2, 0) is 16.0 Å². The van der Waals surface area contributed by atoms with E-state index in [-0.39, 0.29) is 30.1 Å². The average molecular weight is 423 g/mol. The van der Waals surface area contributed by atoms with Crippen molar-refractivity contribution >= 4 is 17.7 Å². The van der Waals surface area contributed by atoms with Crippen molar-refractivity contribution in [2.45, 2.75) is 12.8 Å². The Labute approximate surface area is 181 Å². The molecule has 2 aliphatic heterocycles. The molecular weight excluding hydrogens is 397 g/mol. The van der Waals surface area contributed by atoms with Gasteiger partial charge in [-0.05, 0) is 30.2 Å². The Hall–Kier alpha value is -3.22. The van der Waals surface area contributed by atoms with Crippen LogP contribution in [0.5, 0.6) is 0 Å². The standard InChI is InChI=1S/C24H26FN3O3/c25-21-8-4-7-19(15-21)23(30)26-11-13-27(14-12-26)24(31)20-16-22(29)28(17-20)10-9-18-5-2-1-3-6-18/h1-8,15,20H,9-14,16-17H2. The first-order valence-corrected chi connectivity index (χ1v) is 10.7. The predicted octanol–water partition coefficient (Wildman–Crippen LogP) is 2.20. The van der Waals surface area contributed by atoms with Crippen LogP contribution in [0.2, 0.25) is 0 Å². The van der Waals surface area contributed by atoms with E-state index in [0.717, 1.165) is 6.42 Å². The summed E-state index contributed by atoms with van der Waals surface area (Å²) < 4.78 is 13.4. The third kappa shape index (κ3) is 4.93. The maximum atomic E-state index is 13.4. The Kier molecular flexibility index (Phi) is 6.30. The highest BCUT2D eigenvalue weighted by atomic mass is 19.1. The van der Waals surface area contributed by atoms with Crippen molar-refractivity contribution < 1.29 is 18.8 Å². The molecule has 0 saturated carbocycles. The van der Waals surface area contributed by atoms with E-state index in [1.165, 1.54) is 23.8 Å². The quantitative estimate of drug-likeness (QED) is 0.741. The lowest BCUT2D eigenvalue weighted by Crippen LogP contribution is -2.52. The Morgan fingerprint density at radius 3 is 2.35 bits per heavy atom. The van der Waals surface area contributed by atoms with Gasteiger partial charge in [0.2, 0.25) is 11.8 Å². The highest BCUT2D eigenvalue weighted by molar-refractivity contribution is 5.94. The second kappa shape index (κ2) is 9.29. The van der Waals surface area contributed by atoms with Crippen LogP contribution in [-0.4, -0.2) is 71.7 Å². The molecule has 6 nitrogen and oxygen atoms in total. The van der Waals surface area contributed by atoms with Crippen molar-refractivity contribution in [1.82, 2.24) is 14.7 Å². The summed E-state index contributed by atoms with van der Waals surface area (Å²) in [6, 6.07) is 15.6. The second-order valence-corrected chi connectivity index (χ2v) is 8.10. The monoisotopic (exact) mass is 423 g/mol. The number of halogens is 1. The van der Waals surface area contributed by atoms with Gasteiger partial charge in [-0.3, -0.25) is 14.4 Å². The van der Waals surface area contributed by atoms with Crippen molar-refractivity contribution in [1.29, 1.82) is 0 Å². The maximum Gasteiger partial charge on any atom is 0.254 e. The number of likely N-dealkylation sites (tertiary alicyclic amines) is 1. The second-order valence-electron chi connectivity index (χ2n) is 8.10. The van der Waals surface area contributed by atoms with E-state index >= 15 is 0 Å². The zero-order chi connectivity index (χ0) is 21.8. The molecule has 0 aliphatic carbocycles. The molecule has 7 heteroatoms. The van der Waals surface area contributed by atoms with E-state index in [4.69, 9.17) is 0 Å². The molecule has 2 aromatic carbocycles. The van der Waals surface area contributed by atoms with E-state index < -0.39 is 5.82 Å². The molecule has 3 amide bonds. The zero-order valence-electron chi connectivity index (χ0n) is 17.4. The number of benzene rings is 2. The van der Waals surface area contributed by atoms with Crippen LogP contribution in [0.25, 0.3) is 0 Å². The predicted molar refractivity (Wildman–Crippen MR) is 114 cm³/mol. The summed E-state index contributed by atoms with van der Waals surface area (Å²) in [5, 5.41) is 0. The van der Waals surface area contributed by atoms with Crippen LogP contribution in [0.3, 0.4) is 0 Å². The summed E-state index contributed by atoms with van der Waals surface area (Å²) in [5.74, 6) is -0.992. The summed E-state index contributed by atoms with van der Waals surface area (Å²) >= 11 is 0. The molecule has 162 valence electrons. The normalized spacial score (nSPS) is 19.1. The molecule has 2 aliphatic rings. The van der Waals surface area contributed by atoms with Crippen LogP contribution in [0.1, 0.15) is 22.3 Å². The lowest BCUT2D eigenvalue weighted by atomic mass is 10.1. The highest BCUT2D eigenvalue weighted by Crippen LogP contribution is 2.22. The number of hydrogen-bond donors (Lipinski definition) is 0. The molecule has 1 unspecified atom stereocenters. The van der Waals surface area contributed by atoms with Gasteiger partial charge in [-0.25, -0.2) is 4.39 Å². The molecule has 0 N–H and O–H groups in total. The molecule has 0 spiro atoms. The summed E-state index contributed by atoms with van der Waals surface area (Å²) in [6.45, 7) is 2.72. The van der Waals surface area contributed by atoms with Gasteiger partial charge in [-0.15, -0.1) is 0 Å². The lowest BCUT2D eigenvalue weighted by Gasteiger charge is -2.36. The van der Waals surface area contributed by atoms with Crippen LogP contribution in [0.15, 0.2) is 54.6 Å². The van der Waals surface area contributed by atoms with Gasteiger partial charge in [0.15, 0.2) is 0 Å². The number of rotatable bonds is 5. The number of amides is 3. The highest BCUT2D eigenvalue weighted by Gasteiger charge is 2.37. The molecule has 0 aromatic heterocycles. The molecule has 2 aromatic rings. The molecule has 31 heavy (non-hydrogen) atoms. The van der Waals surface area contributed by atoms with Gasteiger partial charge < -0.3 is 14.7 Å². The Morgan fingerprint density at radius 2 is 1.65 bits per heavy atom. The average Bonchev–Trinajstić information content (AvgIpc) is 3.18. The third-order valence-electron chi connectivity index (χ3n) is 6.03. The van der Waals surface area contributed by atoms with Crippen LogP contribution >= 0.6 is 0 Å². The van der Waals surface area contributed by atoms with E-state index in [1.54, 1.807) is 20.8 Å².